The number of hydrogen-bond acceptors (Lipinski definition) is 3. The number of phenols is 1. The van der Waals surface area contributed by atoms with Crippen LogP contribution in [0.15, 0.2) is 40.2 Å². The van der Waals surface area contributed by atoms with Crippen LogP contribution in [0.4, 0.5) is 0 Å². The van der Waals surface area contributed by atoms with Crippen LogP contribution in [-0.4, -0.2) is 5.11 Å². The first-order valence-electron chi connectivity index (χ1n) is 5.41. The Hall–Kier alpha value is -0.840. The van der Waals surface area contributed by atoms with Gasteiger partial charge in [-0.2, -0.15) is 0 Å². The first-order chi connectivity index (χ1) is 8.16. The predicted molar refractivity (Wildman–Crippen MR) is 75.4 cm³/mol. The van der Waals surface area contributed by atoms with Crippen LogP contribution < -0.4 is 5.32 Å². The van der Waals surface area contributed by atoms with Gasteiger partial charge in [0.1, 0.15) is 5.75 Å². The van der Waals surface area contributed by atoms with Crippen molar-refractivity contribution < 1.29 is 5.11 Å². The van der Waals surface area contributed by atoms with Gasteiger partial charge in [0, 0.05) is 21.9 Å². The van der Waals surface area contributed by atoms with E-state index in [2.05, 4.69) is 39.6 Å². The summed E-state index contributed by atoms with van der Waals surface area (Å²) >= 11 is 5.25. The van der Waals surface area contributed by atoms with E-state index in [-0.39, 0.29) is 6.04 Å². The van der Waals surface area contributed by atoms with Gasteiger partial charge in [-0.15, -0.1) is 11.3 Å². The van der Waals surface area contributed by atoms with Crippen molar-refractivity contribution in [3.05, 3.63) is 50.6 Å². The Morgan fingerprint density at radius 1 is 1.41 bits per heavy atom. The van der Waals surface area contributed by atoms with Gasteiger partial charge in [-0.25, -0.2) is 0 Å². The number of hydrogen-bond donors (Lipinski definition) is 2. The molecule has 2 N–H and O–H groups in total. The van der Waals surface area contributed by atoms with E-state index in [1.165, 1.54) is 4.88 Å². The molecule has 17 heavy (non-hydrogen) atoms. The van der Waals surface area contributed by atoms with Gasteiger partial charge < -0.3 is 10.4 Å². The Kier molecular flexibility index (Phi) is 4.20. The van der Waals surface area contributed by atoms with E-state index in [9.17, 15) is 5.11 Å². The van der Waals surface area contributed by atoms with Crippen molar-refractivity contribution in [2.75, 3.05) is 0 Å². The second kappa shape index (κ2) is 5.67. The molecule has 90 valence electrons. The Bertz CT molecular complexity index is 498. The van der Waals surface area contributed by atoms with Crippen molar-refractivity contribution in [1.29, 1.82) is 0 Å². The standard InChI is InChI=1S/C13H14BrNOS/c1-9(10-3-2-4-11(16)7-10)15-8-13-12(14)5-6-17-13/h2-7,9,15-16H,8H2,1H3. The number of halogens is 1. The molecule has 0 aliphatic rings. The van der Waals surface area contributed by atoms with Gasteiger partial charge in [-0.3, -0.25) is 0 Å². The molecule has 1 atom stereocenters. The molecule has 0 amide bonds. The summed E-state index contributed by atoms with van der Waals surface area (Å²) in [7, 11) is 0. The summed E-state index contributed by atoms with van der Waals surface area (Å²) in [5, 5.41) is 14.9. The van der Waals surface area contributed by atoms with Crippen LogP contribution in [0.25, 0.3) is 0 Å². The molecule has 2 nitrogen and oxygen atoms in total. The molecule has 1 aromatic heterocycles. The maximum absolute atomic E-state index is 9.43. The fourth-order valence-electron chi connectivity index (χ4n) is 1.61. The highest BCUT2D eigenvalue weighted by molar-refractivity contribution is 9.10. The van der Waals surface area contributed by atoms with E-state index >= 15 is 0 Å². The highest BCUT2D eigenvalue weighted by Gasteiger charge is 2.07. The van der Waals surface area contributed by atoms with Crippen LogP contribution in [0.3, 0.4) is 0 Å². The average Bonchev–Trinajstić information content (AvgIpc) is 2.72. The van der Waals surface area contributed by atoms with Crippen molar-refractivity contribution in [2.45, 2.75) is 19.5 Å². The lowest BCUT2D eigenvalue weighted by Gasteiger charge is -2.14. The summed E-state index contributed by atoms with van der Waals surface area (Å²) in [5.74, 6) is 0.313. The minimum Gasteiger partial charge on any atom is -0.508 e. The molecule has 0 saturated heterocycles. The normalized spacial score (nSPS) is 12.6. The Morgan fingerprint density at radius 2 is 2.24 bits per heavy atom. The number of benzene rings is 1. The first-order valence-corrected chi connectivity index (χ1v) is 7.08. The molecular formula is C13H14BrNOS. The predicted octanol–water partition coefficient (Wildman–Crippen LogP) is 4.07. The van der Waals surface area contributed by atoms with Gasteiger partial charge >= 0.3 is 0 Å². The summed E-state index contributed by atoms with van der Waals surface area (Å²) in [5.41, 5.74) is 1.10. The number of thiophene rings is 1. The smallest absolute Gasteiger partial charge is 0.115 e. The van der Waals surface area contributed by atoms with Crippen LogP contribution in [0.2, 0.25) is 0 Å². The second-order valence-electron chi connectivity index (χ2n) is 3.89. The van der Waals surface area contributed by atoms with Crippen LogP contribution in [0, 0.1) is 0 Å². The molecule has 1 aromatic carbocycles. The summed E-state index contributed by atoms with van der Waals surface area (Å²) in [6, 6.07) is 9.63. The summed E-state index contributed by atoms with van der Waals surface area (Å²) in [6.45, 7) is 2.92. The summed E-state index contributed by atoms with van der Waals surface area (Å²) in [6.07, 6.45) is 0. The first kappa shape index (κ1) is 12.6. The van der Waals surface area contributed by atoms with Crippen molar-refractivity contribution in [3.8, 4) is 5.75 Å². The van der Waals surface area contributed by atoms with E-state index in [0.717, 1.165) is 16.6 Å². The van der Waals surface area contributed by atoms with Crippen LogP contribution in [-0.2, 0) is 6.54 Å². The highest BCUT2D eigenvalue weighted by atomic mass is 79.9. The Morgan fingerprint density at radius 3 is 2.88 bits per heavy atom. The minimum atomic E-state index is 0.219. The van der Waals surface area contributed by atoms with Crippen molar-refractivity contribution in [2.24, 2.45) is 0 Å². The molecule has 0 bridgehead atoms. The number of nitrogens with one attached hydrogen (secondary N) is 1. The molecule has 0 aliphatic heterocycles. The van der Waals surface area contributed by atoms with Crippen LogP contribution in [0.5, 0.6) is 5.75 Å². The molecule has 4 heteroatoms. The van der Waals surface area contributed by atoms with Gasteiger partial charge in [0.15, 0.2) is 0 Å². The zero-order chi connectivity index (χ0) is 12.3. The fraction of sp³-hybridized carbons (Fsp3) is 0.231. The lowest BCUT2D eigenvalue weighted by Crippen LogP contribution is -2.17. The second-order valence-corrected chi connectivity index (χ2v) is 5.74. The molecule has 2 aromatic rings. The lowest BCUT2D eigenvalue weighted by molar-refractivity contribution is 0.472. The maximum atomic E-state index is 9.43. The van der Waals surface area contributed by atoms with Gasteiger partial charge in [-0.1, -0.05) is 12.1 Å². The van der Waals surface area contributed by atoms with E-state index in [1.807, 2.05) is 12.1 Å². The summed E-state index contributed by atoms with van der Waals surface area (Å²) in [4.78, 5) is 1.29. The average molecular weight is 312 g/mol. The monoisotopic (exact) mass is 311 g/mol. The molecule has 0 fully saturated rings. The third-order valence-electron chi connectivity index (χ3n) is 2.63. The molecule has 0 spiro atoms. The van der Waals surface area contributed by atoms with E-state index in [1.54, 1.807) is 23.5 Å². The third-order valence-corrected chi connectivity index (χ3v) is 4.56. The number of phenolic OH excluding ortho intramolecular Hbond substituents is 1. The maximum Gasteiger partial charge on any atom is 0.115 e. The summed E-state index contributed by atoms with van der Waals surface area (Å²) < 4.78 is 1.15. The lowest BCUT2D eigenvalue weighted by atomic mass is 10.1. The quantitative estimate of drug-likeness (QED) is 0.892. The van der Waals surface area contributed by atoms with Crippen LogP contribution in [0.1, 0.15) is 23.4 Å². The highest BCUT2D eigenvalue weighted by Crippen LogP contribution is 2.24. The van der Waals surface area contributed by atoms with Crippen LogP contribution >= 0.6 is 27.3 Å². The fourth-order valence-corrected chi connectivity index (χ4v) is 3.05. The zero-order valence-electron chi connectivity index (χ0n) is 9.48. The van der Waals surface area contributed by atoms with Gasteiger partial charge in [0.2, 0.25) is 0 Å². The third kappa shape index (κ3) is 3.31. The molecule has 2 rings (SSSR count). The van der Waals surface area contributed by atoms with Crippen molar-refractivity contribution >= 4 is 27.3 Å². The van der Waals surface area contributed by atoms with Crippen molar-refractivity contribution in [3.63, 3.8) is 0 Å². The topological polar surface area (TPSA) is 32.3 Å². The Balaban J connectivity index is 1.98. The molecule has 1 heterocycles. The van der Waals surface area contributed by atoms with E-state index < -0.39 is 0 Å². The number of aromatic hydroxyl groups is 1. The minimum absolute atomic E-state index is 0.219. The molecule has 0 saturated carbocycles. The van der Waals surface area contributed by atoms with E-state index in [0.29, 0.717) is 5.75 Å². The number of rotatable bonds is 4. The molecule has 1 unspecified atom stereocenters. The van der Waals surface area contributed by atoms with Crippen molar-refractivity contribution in [1.82, 2.24) is 5.32 Å². The van der Waals surface area contributed by atoms with Gasteiger partial charge in [0.05, 0.1) is 0 Å². The van der Waals surface area contributed by atoms with Gasteiger partial charge in [0.25, 0.3) is 0 Å². The molecule has 0 radical (unpaired) electrons. The largest absolute Gasteiger partial charge is 0.508 e. The Labute approximate surface area is 113 Å². The zero-order valence-corrected chi connectivity index (χ0v) is 11.9. The molecular weight excluding hydrogens is 298 g/mol. The molecule has 0 aliphatic carbocycles. The van der Waals surface area contributed by atoms with E-state index in [4.69, 9.17) is 0 Å². The van der Waals surface area contributed by atoms with Gasteiger partial charge in [-0.05, 0) is 52.0 Å². The SMILES string of the molecule is CC(NCc1sccc1Br)c1cccc(O)c1.